The Hall–Kier alpha value is -0.120. The Morgan fingerprint density at radius 2 is 1.89 bits per heavy atom. The summed E-state index contributed by atoms with van der Waals surface area (Å²) in [4.78, 5) is 0. The third kappa shape index (κ3) is 2.70. The summed E-state index contributed by atoms with van der Waals surface area (Å²) in [5, 5.41) is 3.80. The van der Waals surface area contributed by atoms with Crippen molar-refractivity contribution in [3.63, 3.8) is 0 Å². The van der Waals surface area contributed by atoms with Crippen LogP contribution in [-0.2, 0) is 9.47 Å². The summed E-state index contributed by atoms with van der Waals surface area (Å²) in [6.45, 7) is 7.75. The molecule has 0 aromatic carbocycles. The first-order valence-corrected chi connectivity index (χ1v) is 8.16. The molecule has 110 valence electrons. The molecule has 0 bridgehead atoms. The largest absolute Gasteiger partial charge is 0.378 e. The number of fused-ring (bicyclic) bond motifs is 1. The molecule has 1 saturated carbocycles. The van der Waals surface area contributed by atoms with Gasteiger partial charge in [-0.05, 0) is 45.1 Å². The summed E-state index contributed by atoms with van der Waals surface area (Å²) in [7, 11) is 0. The predicted octanol–water partition coefficient (Wildman–Crippen LogP) is 2.74. The molecule has 3 heteroatoms. The second-order valence-corrected chi connectivity index (χ2v) is 7.13. The zero-order valence-electron chi connectivity index (χ0n) is 12.5. The number of ether oxygens (including phenoxy) is 2. The fourth-order valence-corrected chi connectivity index (χ4v) is 4.37. The third-order valence-electron chi connectivity index (χ3n) is 5.44. The van der Waals surface area contributed by atoms with Crippen LogP contribution in [-0.4, -0.2) is 38.0 Å². The van der Waals surface area contributed by atoms with Crippen LogP contribution < -0.4 is 5.32 Å². The minimum atomic E-state index is 0.304. The molecule has 4 unspecified atom stereocenters. The molecule has 2 heterocycles. The van der Waals surface area contributed by atoms with Crippen molar-refractivity contribution < 1.29 is 9.47 Å². The zero-order chi connectivity index (χ0) is 13.3. The van der Waals surface area contributed by atoms with Crippen LogP contribution in [0.1, 0.15) is 52.4 Å². The minimum absolute atomic E-state index is 0.304. The van der Waals surface area contributed by atoms with Crippen LogP contribution in [0.25, 0.3) is 0 Å². The van der Waals surface area contributed by atoms with Gasteiger partial charge in [0.15, 0.2) is 0 Å². The Morgan fingerprint density at radius 3 is 2.68 bits per heavy atom. The molecule has 4 atom stereocenters. The Labute approximate surface area is 117 Å². The number of hydrogen-bond donors (Lipinski definition) is 1. The SMILES string of the molecule is CC1(C)C(NCCC2CCCCO2)C2CCCOC21. The Balaban J connectivity index is 1.44. The van der Waals surface area contributed by atoms with Crippen molar-refractivity contribution in [3.05, 3.63) is 0 Å². The van der Waals surface area contributed by atoms with E-state index < -0.39 is 0 Å². The molecule has 0 spiro atoms. The van der Waals surface area contributed by atoms with Gasteiger partial charge in [0.05, 0.1) is 12.2 Å². The number of hydrogen-bond acceptors (Lipinski definition) is 3. The van der Waals surface area contributed by atoms with Crippen LogP contribution in [0.5, 0.6) is 0 Å². The van der Waals surface area contributed by atoms with E-state index in [0.29, 0.717) is 23.7 Å². The van der Waals surface area contributed by atoms with Crippen LogP contribution in [0.15, 0.2) is 0 Å². The molecule has 3 nitrogen and oxygen atoms in total. The normalized spacial score (nSPS) is 41.4. The highest BCUT2D eigenvalue weighted by Crippen LogP contribution is 2.51. The van der Waals surface area contributed by atoms with Gasteiger partial charge < -0.3 is 14.8 Å². The maximum atomic E-state index is 5.95. The quantitative estimate of drug-likeness (QED) is 0.849. The average Bonchev–Trinajstić information content (AvgIpc) is 2.44. The van der Waals surface area contributed by atoms with Gasteiger partial charge in [0.2, 0.25) is 0 Å². The smallest absolute Gasteiger partial charge is 0.0684 e. The minimum Gasteiger partial charge on any atom is -0.378 e. The summed E-state index contributed by atoms with van der Waals surface area (Å²) in [5.74, 6) is 0.746. The Kier molecular flexibility index (Phi) is 4.16. The van der Waals surface area contributed by atoms with E-state index in [1.165, 1.54) is 38.5 Å². The van der Waals surface area contributed by atoms with Gasteiger partial charge in [-0.3, -0.25) is 0 Å². The van der Waals surface area contributed by atoms with Gasteiger partial charge in [-0.2, -0.15) is 0 Å². The molecule has 2 aliphatic heterocycles. The average molecular weight is 267 g/mol. The van der Waals surface area contributed by atoms with Gasteiger partial charge in [-0.15, -0.1) is 0 Å². The topological polar surface area (TPSA) is 30.5 Å². The molecule has 0 radical (unpaired) electrons. The molecule has 0 aromatic heterocycles. The molecular formula is C16H29NO2. The van der Waals surface area contributed by atoms with Crippen LogP contribution in [0.4, 0.5) is 0 Å². The van der Waals surface area contributed by atoms with Crippen LogP contribution in [0.3, 0.4) is 0 Å². The standard InChI is InChI=1S/C16H29NO2/c1-16(2)14(13-7-5-11-19-15(13)16)17-9-8-12-6-3-4-10-18-12/h12-15,17H,3-11H2,1-2H3. The third-order valence-corrected chi connectivity index (χ3v) is 5.44. The first-order valence-electron chi connectivity index (χ1n) is 8.16. The van der Waals surface area contributed by atoms with Crippen molar-refractivity contribution in [2.45, 2.75) is 70.6 Å². The van der Waals surface area contributed by atoms with E-state index in [9.17, 15) is 0 Å². The summed E-state index contributed by atoms with van der Waals surface area (Å²) in [6, 6.07) is 0.640. The summed E-state index contributed by atoms with van der Waals surface area (Å²) >= 11 is 0. The van der Waals surface area contributed by atoms with E-state index in [1.807, 2.05) is 0 Å². The molecule has 1 aliphatic carbocycles. The first-order chi connectivity index (χ1) is 9.19. The lowest BCUT2D eigenvalue weighted by atomic mass is 9.55. The molecule has 0 amide bonds. The monoisotopic (exact) mass is 267 g/mol. The molecular weight excluding hydrogens is 238 g/mol. The van der Waals surface area contributed by atoms with Gasteiger partial charge in [-0.25, -0.2) is 0 Å². The lowest BCUT2D eigenvalue weighted by Gasteiger charge is -2.60. The molecule has 3 fully saturated rings. The van der Waals surface area contributed by atoms with Gasteiger partial charge in [-0.1, -0.05) is 13.8 Å². The summed E-state index contributed by atoms with van der Waals surface area (Å²) < 4.78 is 11.8. The van der Waals surface area contributed by atoms with Crippen molar-refractivity contribution in [2.75, 3.05) is 19.8 Å². The number of rotatable bonds is 4. The lowest BCUT2D eigenvalue weighted by molar-refractivity contribution is -0.192. The van der Waals surface area contributed by atoms with Crippen molar-refractivity contribution in [1.82, 2.24) is 5.32 Å². The van der Waals surface area contributed by atoms with Gasteiger partial charge in [0.1, 0.15) is 0 Å². The molecule has 3 aliphatic rings. The highest BCUT2D eigenvalue weighted by Gasteiger charge is 2.57. The van der Waals surface area contributed by atoms with E-state index in [2.05, 4.69) is 19.2 Å². The van der Waals surface area contributed by atoms with Crippen molar-refractivity contribution >= 4 is 0 Å². The lowest BCUT2D eigenvalue weighted by Crippen LogP contribution is -2.69. The molecule has 3 rings (SSSR count). The molecule has 0 aromatic rings. The van der Waals surface area contributed by atoms with Gasteiger partial charge >= 0.3 is 0 Å². The van der Waals surface area contributed by atoms with Crippen LogP contribution >= 0.6 is 0 Å². The molecule has 19 heavy (non-hydrogen) atoms. The molecule has 2 saturated heterocycles. The highest BCUT2D eigenvalue weighted by molar-refractivity contribution is 5.10. The second-order valence-electron chi connectivity index (χ2n) is 7.13. The summed E-state index contributed by atoms with van der Waals surface area (Å²) in [5.41, 5.74) is 0.304. The maximum absolute atomic E-state index is 5.95. The predicted molar refractivity (Wildman–Crippen MR) is 76.2 cm³/mol. The maximum Gasteiger partial charge on any atom is 0.0684 e. The molecule has 1 N–H and O–H groups in total. The van der Waals surface area contributed by atoms with Crippen LogP contribution in [0, 0.1) is 11.3 Å². The van der Waals surface area contributed by atoms with Gasteiger partial charge in [0.25, 0.3) is 0 Å². The van der Waals surface area contributed by atoms with E-state index >= 15 is 0 Å². The van der Waals surface area contributed by atoms with E-state index in [4.69, 9.17) is 9.47 Å². The van der Waals surface area contributed by atoms with Crippen molar-refractivity contribution in [3.8, 4) is 0 Å². The van der Waals surface area contributed by atoms with E-state index in [1.54, 1.807) is 0 Å². The van der Waals surface area contributed by atoms with Gasteiger partial charge in [0, 0.05) is 30.6 Å². The Bertz CT molecular complexity index is 299. The fourth-order valence-electron chi connectivity index (χ4n) is 4.37. The van der Waals surface area contributed by atoms with E-state index in [-0.39, 0.29) is 0 Å². The zero-order valence-corrected chi connectivity index (χ0v) is 12.5. The van der Waals surface area contributed by atoms with Crippen molar-refractivity contribution in [2.24, 2.45) is 11.3 Å². The Morgan fingerprint density at radius 1 is 1.05 bits per heavy atom. The summed E-state index contributed by atoms with van der Waals surface area (Å²) in [6.07, 6.45) is 8.59. The fraction of sp³-hybridized carbons (Fsp3) is 1.00. The number of nitrogens with one attached hydrogen (secondary N) is 1. The highest BCUT2D eigenvalue weighted by atomic mass is 16.5. The van der Waals surface area contributed by atoms with E-state index in [0.717, 1.165) is 25.7 Å². The second kappa shape index (κ2) is 5.71. The van der Waals surface area contributed by atoms with Crippen molar-refractivity contribution in [1.29, 1.82) is 0 Å². The van der Waals surface area contributed by atoms with Crippen LogP contribution in [0.2, 0.25) is 0 Å². The first kappa shape index (κ1) is 13.8.